The Balaban J connectivity index is 1.69. The van der Waals surface area contributed by atoms with Gasteiger partial charge in [-0.2, -0.15) is 0 Å². The highest BCUT2D eigenvalue weighted by Gasteiger charge is 2.66. The van der Waals surface area contributed by atoms with E-state index in [4.69, 9.17) is 11.6 Å². The molecular weight excluding hydrogens is 484 g/mol. The van der Waals surface area contributed by atoms with Crippen molar-refractivity contribution in [2.24, 2.45) is 11.3 Å². The number of thiazole rings is 1. The quantitative estimate of drug-likeness (QED) is 0.300. The van der Waals surface area contributed by atoms with Gasteiger partial charge in [0, 0.05) is 29.3 Å². The van der Waals surface area contributed by atoms with E-state index in [9.17, 15) is 29.9 Å². The van der Waals surface area contributed by atoms with Crippen LogP contribution < -0.4 is 0 Å². The molecule has 2 aliphatic heterocycles. The lowest BCUT2D eigenvalue weighted by Crippen LogP contribution is -2.66. The number of hydrogen-bond donors (Lipinski definition) is 2. The van der Waals surface area contributed by atoms with Crippen molar-refractivity contribution in [2.45, 2.75) is 32.4 Å². The zero-order chi connectivity index (χ0) is 24.5. The molecule has 4 atom stereocenters. The van der Waals surface area contributed by atoms with E-state index < -0.39 is 40.3 Å². The van der Waals surface area contributed by atoms with E-state index in [2.05, 4.69) is 4.98 Å². The van der Waals surface area contributed by atoms with E-state index in [0.29, 0.717) is 21.7 Å². The van der Waals surface area contributed by atoms with E-state index in [0.717, 1.165) is 5.56 Å². The summed E-state index contributed by atoms with van der Waals surface area (Å²) in [6, 6.07) is 5.45. The number of carbonyl (C=O) groups excluding carboxylic acids is 1. The number of halogens is 1. The van der Waals surface area contributed by atoms with Gasteiger partial charge in [0.15, 0.2) is 5.15 Å². The third-order valence-electron chi connectivity index (χ3n) is 6.70. The van der Waals surface area contributed by atoms with Crippen LogP contribution in [0, 0.1) is 21.4 Å². The number of imidazole rings is 1. The molecule has 0 radical (unpaired) electrons. The fraction of sp³-hybridized carbons (Fsp3) is 0.318. The number of carbonyl (C=O) groups is 2. The molecule has 0 saturated carbocycles. The van der Waals surface area contributed by atoms with Crippen molar-refractivity contribution in [1.29, 1.82) is 0 Å². The number of carboxylic acids is 1. The van der Waals surface area contributed by atoms with Crippen LogP contribution in [-0.4, -0.2) is 53.4 Å². The number of aromatic nitrogens is 2. The molecule has 0 aliphatic carbocycles. The highest BCUT2D eigenvalue weighted by molar-refractivity contribution is 7.19. The Morgan fingerprint density at radius 1 is 1.38 bits per heavy atom. The SMILES string of the molecule is C[C@@H](O)[C@H]1C(=O)N2C(C(=O)O)=C(c3cn4cnc(Cl)c4s3)[C@](C)(Cc3ccc([N+](=O)[O-])cc3)[C@@H]12. The van der Waals surface area contributed by atoms with E-state index in [1.54, 1.807) is 22.7 Å². The first-order valence-corrected chi connectivity index (χ1v) is 11.6. The molecule has 2 aliphatic rings. The van der Waals surface area contributed by atoms with Crippen molar-refractivity contribution in [3.63, 3.8) is 0 Å². The number of nitro groups is 1. The van der Waals surface area contributed by atoms with Gasteiger partial charge in [-0.3, -0.25) is 19.3 Å². The van der Waals surface area contributed by atoms with Crippen molar-refractivity contribution in [1.82, 2.24) is 14.3 Å². The molecule has 1 aromatic carbocycles. The molecule has 4 heterocycles. The van der Waals surface area contributed by atoms with Crippen LogP contribution in [-0.2, 0) is 16.0 Å². The standard InChI is InChI=1S/C22H19ClN4O6S/c1-10(28)14-17-22(2,7-11-3-5-12(6-4-11)27(32)33)15(16(21(30)31)26(17)19(14)29)13-8-25-9-24-18(23)20(25)34-13/h3-6,8-10,14,17,28H,7H2,1-2H3,(H,30,31)/t10-,14-,17-,22+/m1/s1. The van der Waals surface area contributed by atoms with E-state index in [1.807, 2.05) is 6.92 Å². The van der Waals surface area contributed by atoms with Gasteiger partial charge in [0.2, 0.25) is 5.91 Å². The first-order valence-electron chi connectivity index (χ1n) is 10.4. The smallest absolute Gasteiger partial charge is 0.352 e. The fourth-order valence-electron chi connectivity index (χ4n) is 5.30. The number of benzene rings is 1. The van der Waals surface area contributed by atoms with Crippen molar-refractivity contribution >= 4 is 50.9 Å². The Bertz CT molecular complexity index is 1390. The number of nitro benzene ring substituents is 1. The molecular formula is C22H19ClN4O6S. The van der Waals surface area contributed by atoms with Crippen molar-refractivity contribution in [3.8, 4) is 0 Å². The number of carboxylic acid groups (broad SMARTS) is 1. The summed E-state index contributed by atoms with van der Waals surface area (Å²) in [5.41, 5.74) is 0.126. The van der Waals surface area contributed by atoms with Gasteiger partial charge in [0.1, 0.15) is 16.9 Å². The van der Waals surface area contributed by atoms with Gasteiger partial charge in [0.25, 0.3) is 5.69 Å². The monoisotopic (exact) mass is 502 g/mol. The minimum absolute atomic E-state index is 0.0554. The maximum absolute atomic E-state index is 13.0. The Kier molecular flexibility index (Phi) is 5.04. The first-order chi connectivity index (χ1) is 16.0. The Hall–Kier alpha value is -3.28. The molecule has 1 saturated heterocycles. The van der Waals surface area contributed by atoms with E-state index in [-0.39, 0.29) is 16.5 Å². The Labute approximate surface area is 201 Å². The molecule has 12 heteroatoms. The second-order valence-electron chi connectivity index (χ2n) is 8.81. The van der Waals surface area contributed by atoms with Gasteiger partial charge >= 0.3 is 5.97 Å². The van der Waals surface area contributed by atoms with Gasteiger partial charge in [-0.15, -0.1) is 11.3 Å². The van der Waals surface area contributed by atoms with Gasteiger partial charge < -0.3 is 15.1 Å². The van der Waals surface area contributed by atoms with Crippen LogP contribution in [0.1, 0.15) is 24.3 Å². The predicted octanol–water partition coefficient (Wildman–Crippen LogP) is 3.22. The summed E-state index contributed by atoms with van der Waals surface area (Å²) in [4.78, 5) is 42.6. The highest BCUT2D eigenvalue weighted by Crippen LogP contribution is 2.59. The predicted molar refractivity (Wildman–Crippen MR) is 123 cm³/mol. The second kappa shape index (κ2) is 7.62. The number of aliphatic hydroxyl groups is 1. The second-order valence-corrected chi connectivity index (χ2v) is 10.2. The molecule has 176 valence electrons. The van der Waals surface area contributed by atoms with Crippen LogP contribution in [0.5, 0.6) is 0 Å². The molecule has 3 aromatic rings. The van der Waals surface area contributed by atoms with E-state index >= 15 is 0 Å². The van der Waals surface area contributed by atoms with Crippen LogP contribution in [0.25, 0.3) is 10.4 Å². The summed E-state index contributed by atoms with van der Waals surface area (Å²) in [6.07, 6.45) is 2.59. The molecule has 5 rings (SSSR count). The zero-order valence-corrected chi connectivity index (χ0v) is 19.6. The molecule has 0 bridgehead atoms. The van der Waals surface area contributed by atoms with Gasteiger partial charge in [-0.25, -0.2) is 9.78 Å². The summed E-state index contributed by atoms with van der Waals surface area (Å²) in [5.74, 6) is -2.46. The van der Waals surface area contributed by atoms with Crippen molar-refractivity contribution in [2.75, 3.05) is 0 Å². The largest absolute Gasteiger partial charge is 0.477 e. The fourth-order valence-corrected chi connectivity index (χ4v) is 6.70. The minimum atomic E-state index is -1.24. The lowest BCUT2D eigenvalue weighted by Gasteiger charge is -2.51. The summed E-state index contributed by atoms with van der Waals surface area (Å²) >= 11 is 7.45. The number of hydrogen-bond acceptors (Lipinski definition) is 7. The lowest BCUT2D eigenvalue weighted by atomic mass is 9.64. The maximum Gasteiger partial charge on any atom is 0.352 e. The Morgan fingerprint density at radius 3 is 2.62 bits per heavy atom. The zero-order valence-electron chi connectivity index (χ0n) is 18.0. The van der Waals surface area contributed by atoms with Gasteiger partial charge in [0.05, 0.1) is 27.9 Å². The van der Waals surface area contributed by atoms with Crippen LogP contribution >= 0.6 is 22.9 Å². The van der Waals surface area contributed by atoms with Crippen LogP contribution in [0.3, 0.4) is 0 Å². The summed E-state index contributed by atoms with van der Waals surface area (Å²) in [5, 5.41) is 31.9. The summed E-state index contributed by atoms with van der Waals surface area (Å²) in [6.45, 7) is 3.39. The molecule has 2 aromatic heterocycles. The van der Waals surface area contributed by atoms with Gasteiger partial charge in [-0.05, 0) is 18.9 Å². The van der Waals surface area contributed by atoms with Crippen LogP contribution in [0.4, 0.5) is 5.69 Å². The number of fused-ring (bicyclic) bond motifs is 2. The molecule has 1 amide bonds. The molecule has 2 N–H and O–H groups in total. The third-order valence-corrected chi connectivity index (χ3v) is 8.21. The summed E-state index contributed by atoms with van der Waals surface area (Å²) < 4.78 is 1.70. The average molecular weight is 503 g/mol. The number of amides is 1. The number of aliphatic hydroxyl groups excluding tert-OH is 1. The normalized spacial score (nSPS) is 24.9. The minimum Gasteiger partial charge on any atom is -0.477 e. The number of β-lactam (4-membered cyclic amide) rings is 1. The average Bonchev–Trinajstić information content (AvgIpc) is 3.38. The number of rotatable bonds is 6. The third kappa shape index (κ3) is 3.07. The highest BCUT2D eigenvalue weighted by atomic mass is 35.5. The summed E-state index contributed by atoms with van der Waals surface area (Å²) in [7, 11) is 0. The number of nitrogens with zero attached hydrogens (tertiary/aromatic N) is 4. The van der Waals surface area contributed by atoms with Crippen molar-refractivity contribution < 1.29 is 24.7 Å². The van der Waals surface area contributed by atoms with Crippen LogP contribution in [0.15, 0.2) is 42.5 Å². The molecule has 34 heavy (non-hydrogen) atoms. The lowest BCUT2D eigenvalue weighted by molar-refractivity contribution is -0.384. The van der Waals surface area contributed by atoms with E-state index in [1.165, 1.54) is 41.6 Å². The van der Waals surface area contributed by atoms with Crippen molar-refractivity contribution in [3.05, 3.63) is 68.2 Å². The number of non-ortho nitro benzene ring substituents is 1. The Morgan fingerprint density at radius 2 is 2.06 bits per heavy atom. The molecule has 0 unspecified atom stereocenters. The number of aliphatic carboxylic acids is 1. The van der Waals surface area contributed by atoms with Gasteiger partial charge in [-0.1, -0.05) is 30.7 Å². The molecule has 1 fully saturated rings. The van der Waals surface area contributed by atoms with Crippen LogP contribution in [0.2, 0.25) is 5.15 Å². The first kappa shape index (κ1) is 22.5. The molecule has 0 spiro atoms. The maximum atomic E-state index is 13.0. The molecule has 10 nitrogen and oxygen atoms in total. The topological polar surface area (TPSA) is 138 Å².